The van der Waals surface area contributed by atoms with Gasteiger partial charge in [0.25, 0.3) is 5.91 Å². The van der Waals surface area contributed by atoms with Crippen molar-refractivity contribution in [3.8, 4) is 0 Å². The van der Waals surface area contributed by atoms with E-state index in [4.69, 9.17) is 0 Å². The summed E-state index contributed by atoms with van der Waals surface area (Å²) in [6.45, 7) is 1.78. The lowest BCUT2D eigenvalue weighted by molar-refractivity contribution is -0.137. The summed E-state index contributed by atoms with van der Waals surface area (Å²) in [5.74, 6) is -0.159. The number of amides is 2. The molecule has 2 aliphatic rings. The normalized spacial score (nSPS) is 17.6. The maximum absolute atomic E-state index is 13.2. The van der Waals surface area contributed by atoms with Gasteiger partial charge in [-0.2, -0.15) is 13.2 Å². The lowest BCUT2D eigenvalue weighted by atomic mass is 9.97. The van der Waals surface area contributed by atoms with Crippen LogP contribution < -0.4 is 15.5 Å². The molecule has 2 aliphatic heterocycles. The first-order chi connectivity index (χ1) is 19.2. The van der Waals surface area contributed by atoms with E-state index >= 15 is 0 Å². The third-order valence-electron chi connectivity index (χ3n) is 6.91. The minimum atomic E-state index is -4.45. The maximum Gasteiger partial charge on any atom is 0.416 e. The molecular formula is C30H27F3N4O3. The molecule has 0 aliphatic carbocycles. The van der Waals surface area contributed by atoms with E-state index < -0.39 is 29.7 Å². The molecule has 206 valence electrons. The molecule has 0 radical (unpaired) electrons. The van der Waals surface area contributed by atoms with Crippen molar-refractivity contribution in [1.29, 1.82) is 0 Å². The Hall–Kier alpha value is -4.44. The third-order valence-corrected chi connectivity index (χ3v) is 6.91. The fourth-order valence-electron chi connectivity index (χ4n) is 4.85. The van der Waals surface area contributed by atoms with Gasteiger partial charge in [0.15, 0.2) is 0 Å². The van der Waals surface area contributed by atoms with Crippen molar-refractivity contribution >= 4 is 34.6 Å². The monoisotopic (exact) mass is 548 g/mol. The van der Waals surface area contributed by atoms with Gasteiger partial charge in [0.05, 0.1) is 5.56 Å². The first-order valence-electron chi connectivity index (χ1n) is 12.9. The molecule has 10 heteroatoms. The van der Waals surface area contributed by atoms with E-state index in [0.717, 1.165) is 49.4 Å². The average Bonchev–Trinajstić information content (AvgIpc) is 3.47. The number of alkyl halides is 3. The number of anilines is 3. The van der Waals surface area contributed by atoms with Crippen LogP contribution in [0.4, 0.5) is 30.4 Å². The molecule has 3 aromatic rings. The van der Waals surface area contributed by atoms with Gasteiger partial charge in [0.2, 0.25) is 5.91 Å². The summed E-state index contributed by atoms with van der Waals surface area (Å²) in [5.41, 5.74) is 2.79. The Kier molecular flexibility index (Phi) is 7.70. The number of carbonyl (C=O) groups excluding carboxylic acids is 2. The Labute approximate surface area is 229 Å². The summed E-state index contributed by atoms with van der Waals surface area (Å²) in [6, 6.07) is 13.6. The number of halogens is 3. The highest BCUT2D eigenvalue weighted by atomic mass is 19.4. The average molecular weight is 549 g/mol. The van der Waals surface area contributed by atoms with Gasteiger partial charge in [-0.3, -0.25) is 9.59 Å². The number of pyridine rings is 1. The second kappa shape index (κ2) is 11.4. The van der Waals surface area contributed by atoms with E-state index in [1.165, 1.54) is 24.3 Å². The summed E-state index contributed by atoms with van der Waals surface area (Å²) < 4.78 is 39.5. The molecule has 3 heterocycles. The first kappa shape index (κ1) is 27.1. The highest BCUT2D eigenvalue weighted by molar-refractivity contribution is 6.03. The SMILES string of the molecule is O=C(/C=C/C=C(\c1ccc(C(F)(F)F)cc1)c1ccnc(N2CCCC2)c1)Nc1cccc2c1CC(O)C(=O)N2. The van der Waals surface area contributed by atoms with Gasteiger partial charge in [-0.1, -0.05) is 30.4 Å². The maximum atomic E-state index is 13.2. The lowest BCUT2D eigenvalue weighted by Gasteiger charge is -2.23. The molecular weight excluding hydrogens is 521 g/mol. The highest BCUT2D eigenvalue weighted by Gasteiger charge is 2.30. The number of nitrogens with one attached hydrogen (secondary N) is 2. The number of fused-ring (bicyclic) bond motifs is 1. The van der Waals surface area contributed by atoms with Crippen LogP contribution in [0.3, 0.4) is 0 Å². The van der Waals surface area contributed by atoms with Gasteiger partial charge < -0.3 is 20.6 Å². The predicted octanol–water partition coefficient (Wildman–Crippen LogP) is 5.18. The summed E-state index contributed by atoms with van der Waals surface area (Å²) in [6.07, 6.45) is 2.74. The van der Waals surface area contributed by atoms with Crippen molar-refractivity contribution in [3.63, 3.8) is 0 Å². The number of nitrogens with zero attached hydrogens (tertiary/aromatic N) is 2. The number of aliphatic hydroxyl groups excluding tert-OH is 1. The van der Waals surface area contributed by atoms with Gasteiger partial charge in [0.1, 0.15) is 11.9 Å². The minimum Gasteiger partial charge on any atom is -0.383 e. The smallest absolute Gasteiger partial charge is 0.383 e. The number of carbonyl (C=O) groups is 2. The summed E-state index contributed by atoms with van der Waals surface area (Å²) >= 11 is 0. The van der Waals surface area contributed by atoms with Crippen molar-refractivity contribution in [2.24, 2.45) is 0 Å². The van der Waals surface area contributed by atoms with Crippen LogP contribution in [0.1, 0.15) is 35.1 Å². The number of aliphatic hydroxyl groups is 1. The zero-order valence-corrected chi connectivity index (χ0v) is 21.4. The van der Waals surface area contributed by atoms with E-state index in [1.54, 1.807) is 36.5 Å². The van der Waals surface area contributed by atoms with Gasteiger partial charge in [-0.15, -0.1) is 0 Å². The van der Waals surface area contributed by atoms with Gasteiger partial charge in [-0.05, 0) is 65.9 Å². The van der Waals surface area contributed by atoms with Crippen LogP contribution in [0.2, 0.25) is 0 Å². The van der Waals surface area contributed by atoms with Crippen molar-refractivity contribution in [3.05, 3.63) is 101 Å². The molecule has 2 aromatic carbocycles. The molecule has 0 bridgehead atoms. The predicted molar refractivity (Wildman–Crippen MR) is 147 cm³/mol. The summed E-state index contributed by atoms with van der Waals surface area (Å²) in [5, 5.41) is 15.3. The first-order valence-corrected chi connectivity index (χ1v) is 12.9. The highest BCUT2D eigenvalue weighted by Crippen LogP contribution is 2.33. The van der Waals surface area contributed by atoms with E-state index in [-0.39, 0.29) is 6.42 Å². The topological polar surface area (TPSA) is 94.6 Å². The van der Waals surface area contributed by atoms with Crippen molar-refractivity contribution < 1.29 is 27.9 Å². The van der Waals surface area contributed by atoms with Crippen LogP contribution in [0.5, 0.6) is 0 Å². The summed E-state index contributed by atoms with van der Waals surface area (Å²) in [4.78, 5) is 31.2. The van der Waals surface area contributed by atoms with Gasteiger partial charge in [0, 0.05) is 48.7 Å². The third kappa shape index (κ3) is 6.07. The molecule has 5 rings (SSSR count). The minimum absolute atomic E-state index is 0.0701. The van der Waals surface area contributed by atoms with Crippen molar-refractivity contribution in [2.45, 2.75) is 31.5 Å². The fourth-order valence-corrected chi connectivity index (χ4v) is 4.85. The number of allylic oxidation sites excluding steroid dienone is 2. The molecule has 1 aromatic heterocycles. The molecule has 1 fully saturated rings. The van der Waals surface area contributed by atoms with Crippen molar-refractivity contribution in [1.82, 2.24) is 4.98 Å². The second-order valence-corrected chi connectivity index (χ2v) is 9.64. The van der Waals surface area contributed by atoms with E-state index in [2.05, 4.69) is 20.5 Å². The molecule has 0 saturated carbocycles. The number of aromatic nitrogens is 1. The number of benzene rings is 2. The van der Waals surface area contributed by atoms with Crippen LogP contribution in [0.25, 0.3) is 5.57 Å². The van der Waals surface area contributed by atoms with Gasteiger partial charge in [-0.25, -0.2) is 4.98 Å². The Bertz CT molecular complexity index is 1480. The van der Waals surface area contributed by atoms with Crippen LogP contribution in [0.15, 0.2) is 79.0 Å². The molecule has 40 heavy (non-hydrogen) atoms. The van der Waals surface area contributed by atoms with Crippen LogP contribution >= 0.6 is 0 Å². The fraction of sp³-hybridized carbons (Fsp3) is 0.233. The molecule has 0 spiro atoms. The van der Waals surface area contributed by atoms with Crippen molar-refractivity contribution in [2.75, 3.05) is 28.6 Å². The van der Waals surface area contributed by atoms with E-state index in [0.29, 0.717) is 28.1 Å². The van der Waals surface area contributed by atoms with Crippen LogP contribution in [0, 0.1) is 0 Å². The quantitative estimate of drug-likeness (QED) is 0.292. The van der Waals surface area contributed by atoms with Crippen LogP contribution in [-0.4, -0.2) is 41.1 Å². The standard InChI is InChI=1S/C30H27F3N4O3/c31-30(32,33)21-11-9-19(10-12-21)22(20-13-14-34-27(17-20)37-15-1-2-16-37)5-3-8-28(39)35-24-6-4-7-25-23(24)18-26(38)29(40)36-25/h3-14,17,26,38H,1-2,15-16,18H2,(H,35,39)(H,36,40)/b8-3+,22-5+. The number of hydrogen-bond donors (Lipinski definition) is 3. The molecule has 1 saturated heterocycles. The van der Waals surface area contributed by atoms with E-state index in [1.807, 2.05) is 6.07 Å². The van der Waals surface area contributed by atoms with E-state index in [9.17, 15) is 27.9 Å². The zero-order valence-electron chi connectivity index (χ0n) is 21.4. The Morgan fingerprint density at radius 2 is 1.82 bits per heavy atom. The number of hydrogen-bond acceptors (Lipinski definition) is 5. The summed E-state index contributed by atoms with van der Waals surface area (Å²) in [7, 11) is 0. The lowest BCUT2D eigenvalue weighted by Crippen LogP contribution is -2.34. The zero-order chi connectivity index (χ0) is 28.3. The molecule has 1 atom stereocenters. The second-order valence-electron chi connectivity index (χ2n) is 9.64. The molecule has 7 nitrogen and oxygen atoms in total. The Balaban J connectivity index is 1.42. The number of rotatable bonds is 6. The van der Waals surface area contributed by atoms with Gasteiger partial charge >= 0.3 is 6.18 Å². The Morgan fingerprint density at radius 3 is 2.55 bits per heavy atom. The molecule has 1 unspecified atom stereocenters. The molecule has 3 N–H and O–H groups in total. The largest absolute Gasteiger partial charge is 0.416 e. The molecule has 2 amide bonds. The Morgan fingerprint density at radius 1 is 1.07 bits per heavy atom. The van der Waals surface area contributed by atoms with Crippen LogP contribution in [-0.2, 0) is 22.2 Å².